The highest BCUT2D eigenvalue weighted by molar-refractivity contribution is 5.60. The summed E-state index contributed by atoms with van der Waals surface area (Å²) >= 11 is 0. The molecule has 2 rings (SSSR count). The Bertz CT molecular complexity index is 486. The van der Waals surface area contributed by atoms with Gasteiger partial charge in [-0.3, -0.25) is 0 Å². The molecule has 2 nitrogen and oxygen atoms in total. The number of aromatic hydroxyl groups is 1. The van der Waals surface area contributed by atoms with Crippen molar-refractivity contribution < 1.29 is 9.84 Å². The van der Waals surface area contributed by atoms with Crippen molar-refractivity contribution >= 4 is 0 Å². The molecule has 0 saturated heterocycles. The second-order valence-corrected chi connectivity index (χ2v) is 4.86. The molecule has 1 N–H and O–H groups in total. The van der Waals surface area contributed by atoms with E-state index in [0.717, 1.165) is 28.0 Å². The summed E-state index contributed by atoms with van der Waals surface area (Å²) in [5, 5.41) is 10.1. The van der Waals surface area contributed by atoms with Crippen molar-refractivity contribution in [1.82, 2.24) is 0 Å². The lowest BCUT2D eigenvalue weighted by Gasteiger charge is -2.13. The van der Waals surface area contributed by atoms with Crippen LogP contribution in [0.2, 0.25) is 0 Å². The van der Waals surface area contributed by atoms with E-state index in [0.29, 0.717) is 11.7 Å². The van der Waals surface area contributed by atoms with Gasteiger partial charge in [-0.2, -0.15) is 0 Å². The van der Waals surface area contributed by atoms with E-state index in [4.69, 9.17) is 4.74 Å². The molecule has 92 valence electrons. The standard InChI is InChI=1S/C15H20O2/c1-6-7-12-10(4)13-11(5)14(16)8(2)9(3)15(13)17-12/h6-7,10,12,16H,1-5H3/b7-6+. The van der Waals surface area contributed by atoms with Crippen LogP contribution in [0, 0.1) is 20.8 Å². The van der Waals surface area contributed by atoms with Crippen LogP contribution in [0.25, 0.3) is 0 Å². The lowest BCUT2D eigenvalue weighted by Crippen LogP contribution is -2.13. The van der Waals surface area contributed by atoms with E-state index in [-0.39, 0.29) is 6.10 Å². The van der Waals surface area contributed by atoms with Gasteiger partial charge in [-0.25, -0.2) is 0 Å². The van der Waals surface area contributed by atoms with Gasteiger partial charge in [0.05, 0.1) is 0 Å². The Kier molecular flexibility index (Phi) is 2.90. The maximum Gasteiger partial charge on any atom is 0.127 e. The van der Waals surface area contributed by atoms with Gasteiger partial charge in [0.15, 0.2) is 0 Å². The number of hydrogen-bond acceptors (Lipinski definition) is 2. The fourth-order valence-corrected chi connectivity index (χ4v) is 2.63. The molecule has 2 unspecified atom stereocenters. The summed E-state index contributed by atoms with van der Waals surface area (Å²) in [5.74, 6) is 1.68. The zero-order chi connectivity index (χ0) is 12.7. The molecule has 0 aliphatic carbocycles. The molecule has 1 heterocycles. The molecule has 17 heavy (non-hydrogen) atoms. The van der Waals surface area contributed by atoms with E-state index in [1.54, 1.807) is 0 Å². The van der Waals surface area contributed by atoms with Crippen molar-refractivity contribution in [1.29, 1.82) is 0 Å². The van der Waals surface area contributed by atoms with Gasteiger partial charge in [-0.1, -0.05) is 13.0 Å². The summed E-state index contributed by atoms with van der Waals surface area (Å²) in [7, 11) is 0. The molecule has 0 radical (unpaired) electrons. The zero-order valence-corrected chi connectivity index (χ0v) is 11.2. The average molecular weight is 232 g/mol. The van der Waals surface area contributed by atoms with Crippen molar-refractivity contribution in [3.63, 3.8) is 0 Å². The van der Waals surface area contributed by atoms with Crippen LogP contribution in [0.15, 0.2) is 12.2 Å². The van der Waals surface area contributed by atoms with Crippen LogP contribution < -0.4 is 4.74 Å². The van der Waals surface area contributed by atoms with Crippen molar-refractivity contribution in [3.8, 4) is 11.5 Å². The van der Waals surface area contributed by atoms with Gasteiger partial charge in [0, 0.05) is 11.5 Å². The minimum absolute atomic E-state index is 0.0913. The third-order valence-electron chi connectivity index (χ3n) is 3.85. The predicted molar refractivity (Wildman–Crippen MR) is 70.0 cm³/mol. The third-order valence-corrected chi connectivity index (χ3v) is 3.85. The first-order valence-electron chi connectivity index (χ1n) is 6.11. The molecule has 1 aliphatic heterocycles. The van der Waals surface area contributed by atoms with Gasteiger partial charge < -0.3 is 9.84 Å². The Labute approximate surface area is 103 Å². The fraction of sp³-hybridized carbons (Fsp3) is 0.467. The largest absolute Gasteiger partial charge is 0.507 e. The molecule has 0 aromatic heterocycles. The van der Waals surface area contributed by atoms with Crippen LogP contribution in [0.5, 0.6) is 11.5 Å². The van der Waals surface area contributed by atoms with E-state index in [2.05, 4.69) is 13.0 Å². The third kappa shape index (κ3) is 1.63. The van der Waals surface area contributed by atoms with Crippen LogP contribution in [0.1, 0.15) is 42.0 Å². The lowest BCUT2D eigenvalue weighted by atomic mass is 9.89. The number of rotatable bonds is 1. The number of allylic oxidation sites excluding steroid dienone is 1. The monoisotopic (exact) mass is 232 g/mol. The highest BCUT2D eigenvalue weighted by atomic mass is 16.5. The molecule has 0 amide bonds. The second-order valence-electron chi connectivity index (χ2n) is 4.86. The topological polar surface area (TPSA) is 29.5 Å². The number of hydrogen-bond donors (Lipinski definition) is 1. The van der Waals surface area contributed by atoms with Gasteiger partial charge in [-0.15, -0.1) is 0 Å². The molecular weight excluding hydrogens is 212 g/mol. The minimum atomic E-state index is 0.0913. The maximum atomic E-state index is 10.1. The Hall–Kier alpha value is -1.44. The van der Waals surface area contributed by atoms with Crippen molar-refractivity contribution in [2.45, 2.75) is 46.6 Å². The van der Waals surface area contributed by atoms with Gasteiger partial charge in [0.1, 0.15) is 17.6 Å². The Morgan fingerprint density at radius 2 is 1.76 bits per heavy atom. The van der Waals surface area contributed by atoms with E-state index < -0.39 is 0 Å². The highest BCUT2D eigenvalue weighted by Gasteiger charge is 2.33. The van der Waals surface area contributed by atoms with Gasteiger partial charge in [0.25, 0.3) is 0 Å². The van der Waals surface area contributed by atoms with Crippen LogP contribution in [-0.2, 0) is 0 Å². The maximum absolute atomic E-state index is 10.1. The summed E-state index contributed by atoms with van der Waals surface area (Å²) in [6.45, 7) is 10.1. The Morgan fingerprint density at radius 1 is 1.12 bits per heavy atom. The van der Waals surface area contributed by atoms with Crippen LogP contribution in [0.4, 0.5) is 0 Å². The number of phenolic OH excluding ortho intramolecular Hbond substituents is 1. The molecule has 2 atom stereocenters. The van der Waals surface area contributed by atoms with E-state index in [9.17, 15) is 5.11 Å². The minimum Gasteiger partial charge on any atom is -0.507 e. The molecule has 2 heteroatoms. The van der Waals surface area contributed by atoms with Gasteiger partial charge in [-0.05, 0) is 50.5 Å². The predicted octanol–water partition coefficient (Wildman–Crippen LogP) is 3.76. The highest BCUT2D eigenvalue weighted by Crippen LogP contribution is 2.47. The lowest BCUT2D eigenvalue weighted by molar-refractivity contribution is 0.260. The number of fused-ring (bicyclic) bond motifs is 1. The summed E-state index contributed by atoms with van der Waals surface area (Å²) in [6.07, 6.45) is 4.19. The van der Waals surface area contributed by atoms with Gasteiger partial charge >= 0.3 is 0 Å². The molecule has 0 saturated carbocycles. The zero-order valence-electron chi connectivity index (χ0n) is 11.2. The van der Waals surface area contributed by atoms with Crippen LogP contribution in [0.3, 0.4) is 0 Å². The second kappa shape index (κ2) is 4.10. The molecule has 1 aromatic carbocycles. The number of phenols is 1. The van der Waals surface area contributed by atoms with Gasteiger partial charge in [0.2, 0.25) is 0 Å². The molecule has 1 aromatic rings. The summed E-state index contributed by atoms with van der Waals surface area (Å²) in [4.78, 5) is 0. The first kappa shape index (κ1) is 12.0. The fourth-order valence-electron chi connectivity index (χ4n) is 2.63. The van der Waals surface area contributed by atoms with Crippen LogP contribution >= 0.6 is 0 Å². The first-order chi connectivity index (χ1) is 7.99. The van der Waals surface area contributed by atoms with Crippen LogP contribution in [-0.4, -0.2) is 11.2 Å². The van der Waals surface area contributed by atoms with Crippen molar-refractivity contribution in [3.05, 3.63) is 34.4 Å². The normalized spacial score (nSPS) is 22.9. The first-order valence-corrected chi connectivity index (χ1v) is 6.11. The van der Waals surface area contributed by atoms with E-state index in [1.807, 2.05) is 33.8 Å². The summed E-state index contributed by atoms with van der Waals surface area (Å²) in [6, 6.07) is 0. The molecule has 0 bridgehead atoms. The number of ether oxygens (including phenoxy) is 1. The quantitative estimate of drug-likeness (QED) is 0.747. The van der Waals surface area contributed by atoms with Crippen molar-refractivity contribution in [2.24, 2.45) is 0 Å². The van der Waals surface area contributed by atoms with E-state index >= 15 is 0 Å². The Morgan fingerprint density at radius 3 is 2.35 bits per heavy atom. The smallest absolute Gasteiger partial charge is 0.127 e. The van der Waals surface area contributed by atoms with E-state index in [1.165, 1.54) is 0 Å². The molecule has 1 aliphatic rings. The average Bonchev–Trinajstić information content (AvgIpc) is 2.62. The molecule has 0 spiro atoms. The molecular formula is C15H20O2. The summed E-state index contributed by atoms with van der Waals surface area (Å²) < 4.78 is 6.01. The van der Waals surface area contributed by atoms with Crippen molar-refractivity contribution in [2.75, 3.05) is 0 Å². The number of benzene rings is 1. The Balaban J connectivity index is 2.62. The summed E-state index contributed by atoms with van der Waals surface area (Å²) in [5.41, 5.74) is 4.10. The molecule has 0 fully saturated rings. The SMILES string of the molecule is C/C=C/C1Oc2c(C)c(C)c(O)c(C)c2C1C.